The van der Waals surface area contributed by atoms with Gasteiger partial charge in [0.15, 0.2) is 11.6 Å². The SMILES string of the molecule is CCC1C(=O)NCCN1C(=O)c1cc(F)c(F)cc1N. The number of nitrogens with two attached hydrogens (primary N) is 1. The molecule has 108 valence electrons. The Hall–Kier alpha value is -2.18. The van der Waals surface area contributed by atoms with Crippen LogP contribution < -0.4 is 11.1 Å². The van der Waals surface area contributed by atoms with Crippen molar-refractivity contribution in [3.63, 3.8) is 0 Å². The molecule has 0 aliphatic carbocycles. The highest BCUT2D eigenvalue weighted by atomic mass is 19.2. The van der Waals surface area contributed by atoms with Gasteiger partial charge in [0.1, 0.15) is 6.04 Å². The van der Waals surface area contributed by atoms with Crippen LogP contribution in [0.15, 0.2) is 12.1 Å². The molecular weight excluding hydrogens is 268 g/mol. The number of carbonyl (C=O) groups excluding carboxylic acids is 2. The van der Waals surface area contributed by atoms with Crippen LogP contribution in [-0.2, 0) is 4.79 Å². The van der Waals surface area contributed by atoms with E-state index in [1.165, 1.54) is 4.90 Å². The number of halogens is 2. The first-order valence-electron chi connectivity index (χ1n) is 6.29. The van der Waals surface area contributed by atoms with Crippen LogP contribution in [0.25, 0.3) is 0 Å². The van der Waals surface area contributed by atoms with Crippen molar-refractivity contribution in [2.75, 3.05) is 18.8 Å². The summed E-state index contributed by atoms with van der Waals surface area (Å²) in [6.07, 6.45) is 0.432. The average Bonchev–Trinajstić information content (AvgIpc) is 2.41. The van der Waals surface area contributed by atoms with Gasteiger partial charge in [-0.2, -0.15) is 0 Å². The fourth-order valence-electron chi connectivity index (χ4n) is 2.27. The van der Waals surface area contributed by atoms with Gasteiger partial charge in [-0.05, 0) is 12.5 Å². The summed E-state index contributed by atoms with van der Waals surface area (Å²) in [4.78, 5) is 25.4. The third kappa shape index (κ3) is 2.43. The summed E-state index contributed by atoms with van der Waals surface area (Å²) >= 11 is 0. The van der Waals surface area contributed by atoms with E-state index >= 15 is 0 Å². The number of nitrogens with zero attached hydrogens (tertiary/aromatic N) is 1. The lowest BCUT2D eigenvalue weighted by Crippen LogP contribution is -2.57. The molecule has 1 atom stereocenters. The largest absolute Gasteiger partial charge is 0.398 e. The first-order chi connectivity index (χ1) is 9.45. The summed E-state index contributed by atoms with van der Waals surface area (Å²) < 4.78 is 26.3. The molecule has 2 amide bonds. The minimum Gasteiger partial charge on any atom is -0.398 e. The lowest BCUT2D eigenvalue weighted by atomic mass is 10.1. The molecule has 20 heavy (non-hydrogen) atoms. The molecule has 1 unspecified atom stereocenters. The summed E-state index contributed by atoms with van der Waals surface area (Å²) in [5.74, 6) is -3.07. The zero-order chi connectivity index (χ0) is 14.9. The number of nitrogens with one attached hydrogen (secondary N) is 1. The topological polar surface area (TPSA) is 75.4 Å². The van der Waals surface area contributed by atoms with Crippen LogP contribution in [0.5, 0.6) is 0 Å². The summed E-state index contributed by atoms with van der Waals surface area (Å²) in [6.45, 7) is 2.40. The number of anilines is 1. The molecule has 2 rings (SSSR count). The molecule has 5 nitrogen and oxygen atoms in total. The summed E-state index contributed by atoms with van der Waals surface area (Å²) in [7, 11) is 0. The summed E-state index contributed by atoms with van der Waals surface area (Å²) in [5, 5.41) is 2.66. The van der Waals surface area contributed by atoms with Gasteiger partial charge >= 0.3 is 0 Å². The second kappa shape index (κ2) is 5.44. The van der Waals surface area contributed by atoms with Gasteiger partial charge in [0.05, 0.1) is 5.56 Å². The quantitative estimate of drug-likeness (QED) is 0.792. The second-order valence-corrected chi connectivity index (χ2v) is 4.57. The Labute approximate surface area is 114 Å². The van der Waals surface area contributed by atoms with Crippen molar-refractivity contribution >= 4 is 17.5 Å². The van der Waals surface area contributed by atoms with Crippen molar-refractivity contribution in [3.8, 4) is 0 Å². The standard InChI is InChI=1S/C13H15F2N3O2/c1-2-11-12(19)17-3-4-18(11)13(20)7-5-8(14)9(15)6-10(7)16/h5-6,11H,2-4,16H2,1H3,(H,17,19). The maximum atomic E-state index is 13.3. The van der Waals surface area contributed by atoms with E-state index in [-0.39, 0.29) is 17.2 Å². The van der Waals surface area contributed by atoms with Crippen LogP contribution in [-0.4, -0.2) is 35.8 Å². The molecule has 0 radical (unpaired) electrons. The van der Waals surface area contributed by atoms with Crippen molar-refractivity contribution in [2.45, 2.75) is 19.4 Å². The predicted molar refractivity (Wildman–Crippen MR) is 68.9 cm³/mol. The van der Waals surface area contributed by atoms with E-state index in [2.05, 4.69) is 5.32 Å². The van der Waals surface area contributed by atoms with E-state index in [1.54, 1.807) is 6.92 Å². The molecule has 7 heteroatoms. The van der Waals surface area contributed by atoms with Crippen LogP contribution in [0.4, 0.5) is 14.5 Å². The van der Waals surface area contributed by atoms with Crippen molar-refractivity contribution in [1.82, 2.24) is 10.2 Å². The number of benzene rings is 1. The lowest BCUT2D eigenvalue weighted by Gasteiger charge is -2.34. The van der Waals surface area contributed by atoms with E-state index < -0.39 is 23.6 Å². The van der Waals surface area contributed by atoms with Crippen LogP contribution in [0.1, 0.15) is 23.7 Å². The molecule has 0 spiro atoms. The molecular formula is C13H15F2N3O2. The molecule has 1 aromatic rings. The lowest BCUT2D eigenvalue weighted by molar-refractivity contribution is -0.127. The van der Waals surface area contributed by atoms with Gasteiger partial charge in [-0.15, -0.1) is 0 Å². The van der Waals surface area contributed by atoms with Gasteiger partial charge in [0.2, 0.25) is 5.91 Å². The molecule has 0 bridgehead atoms. The maximum Gasteiger partial charge on any atom is 0.256 e. The van der Waals surface area contributed by atoms with Gasteiger partial charge < -0.3 is 16.0 Å². The molecule has 1 aromatic carbocycles. The number of piperazine rings is 1. The normalized spacial score (nSPS) is 18.9. The molecule has 0 saturated carbocycles. The van der Waals surface area contributed by atoms with Crippen molar-refractivity contribution in [2.24, 2.45) is 0 Å². The van der Waals surface area contributed by atoms with Crippen LogP contribution in [0, 0.1) is 11.6 Å². The maximum absolute atomic E-state index is 13.3. The molecule has 1 aliphatic rings. The first-order valence-corrected chi connectivity index (χ1v) is 6.29. The number of amides is 2. The van der Waals surface area contributed by atoms with Crippen molar-refractivity contribution in [1.29, 1.82) is 0 Å². The van der Waals surface area contributed by atoms with Gasteiger partial charge in [-0.3, -0.25) is 9.59 Å². The van der Waals surface area contributed by atoms with E-state index in [4.69, 9.17) is 5.73 Å². The fourth-order valence-corrected chi connectivity index (χ4v) is 2.27. The smallest absolute Gasteiger partial charge is 0.256 e. The van der Waals surface area contributed by atoms with Crippen LogP contribution >= 0.6 is 0 Å². The van der Waals surface area contributed by atoms with Gasteiger partial charge in [0, 0.05) is 24.8 Å². The van der Waals surface area contributed by atoms with E-state index in [9.17, 15) is 18.4 Å². The highest BCUT2D eigenvalue weighted by Gasteiger charge is 2.33. The Morgan fingerprint density at radius 2 is 2.10 bits per heavy atom. The van der Waals surface area contributed by atoms with Crippen molar-refractivity contribution < 1.29 is 18.4 Å². The fraction of sp³-hybridized carbons (Fsp3) is 0.385. The number of nitrogen functional groups attached to an aromatic ring is 1. The van der Waals surface area contributed by atoms with Gasteiger partial charge in [0.25, 0.3) is 5.91 Å². The third-order valence-electron chi connectivity index (χ3n) is 3.30. The van der Waals surface area contributed by atoms with Crippen LogP contribution in [0.2, 0.25) is 0 Å². The number of hydrogen-bond acceptors (Lipinski definition) is 3. The minimum atomic E-state index is -1.14. The average molecular weight is 283 g/mol. The number of rotatable bonds is 2. The zero-order valence-electron chi connectivity index (χ0n) is 11.0. The third-order valence-corrected chi connectivity index (χ3v) is 3.30. The second-order valence-electron chi connectivity index (χ2n) is 4.57. The van der Waals surface area contributed by atoms with Crippen LogP contribution in [0.3, 0.4) is 0 Å². The van der Waals surface area contributed by atoms with Gasteiger partial charge in [-0.1, -0.05) is 6.92 Å². The monoisotopic (exact) mass is 283 g/mol. The van der Waals surface area contributed by atoms with Crippen molar-refractivity contribution in [3.05, 3.63) is 29.3 Å². The molecule has 1 saturated heterocycles. The Morgan fingerprint density at radius 3 is 2.75 bits per heavy atom. The predicted octanol–water partition coefficient (Wildman–Crippen LogP) is 0.898. The molecule has 0 aromatic heterocycles. The zero-order valence-corrected chi connectivity index (χ0v) is 11.0. The van der Waals surface area contributed by atoms with E-state index in [0.717, 1.165) is 12.1 Å². The first kappa shape index (κ1) is 14.2. The highest BCUT2D eigenvalue weighted by Crippen LogP contribution is 2.21. The summed E-state index contributed by atoms with van der Waals surface area (Å²) in [6, 6.07) is 0.920. The number of carbonyl (C=O) groups is 2. The summed E-state index contributed by atoms with van der Waals surface area (Å²) in [5.41, 5.74) is 5.29. The Bertz CT molecular complexity index is 563. The Morgan fingerprint density at radius 1 is 1.45 bits per heavy atom. The number of hydrogen-bond donors (Lipinski definition) is 2. The minimum absolute atomic E-state index is 0.128. The van der Waals surface area contributed by atoms with E-state index in [0.29, 0.717) is 19.5 Å². The Balaban J connectivity index is 2.35. The highest BCUT2D eigenvalue weighted by molar-refractivity contribution is 6.01. The molecule has 1 fully saturated rings. The molecule has 3 N–H and O–H groups in total. The van der Waals surface area contributed by atoms with Gasteiger partial charge in [-0.25, -0.2) is 8.78 Å². The van der Waals surface area contributed by atoms with E-state index in [1.807, 2.05) is 0 Å². The molecule has 1 aliphatic heterocycles. The molecule has 1 heterocycles. The Kier molecular flexibility index (Phi) is 3.87.